The highest BCUT2D eigenvalue weighted by molar-refractivity contribution is 5.51. The number of aromatic nitrogens is 2. The van der Waals surface area contributed by atoms with E-state index in [1.807, 2.05) is 13.0 Å². The molecule has 3 rings (SSSR count). The van der Waals surface area contributed by atoms with Crippen LogP contribution in [0.2, 0.25) is 0 Å². The fraction of sp³-hybridized carbons (Fsp3) is 0.444. The zero-order valence-electron chi connectivity index (χ0n) is 14.5. The maximum atomic E-state index is 12.2. The normalized spacial score (nSPS) is 18.2. The lowest BCUT2D eigenvalue weighted by atomic mass is 10.1. The minimum absolute atomic E-state index is 0.0782. The second-order valence-corrected chi connectivity index (χ2v) is 6.25. The molecule has 0 amide bonds. The highest BCUT2D eigenvalue weighted by Crippen LogP contribution is 2.26. The third-order valence-electron chi connectivity index (χ3n) is 4.50. The number of alkyl halides is 2. The molecule has 1 aromatic heterocycles. The zero-order chi connectivity index (χ0) is 18.5. The summed E-state index contributed by atoms with van der Waals surface area (Å²) in [5, 5.41) is 12.8. The molecule has 1 aliphatic heterocycles. The molecule has 2 N–H and O–H groups in total. The average Bonchev–Trinajstić information content (AvgIpc) is 3.11. The van der Waals surface area contributed by atoms with E-state index in [0.717, 1.165) is 30.8 Å². The van der Waals surface area contributed by atoms with E-state index < -0.39 is 6.61 Å². The van der Waals surface area contributed by atoms with E-state index >= 15 is 0 Å². The number of rotatable bonds is 7. The summed E-state index contributed by atoms with van der Waals surface area (Å²) in [5.74, 6) is 1.58. The topological polar surface area (TPSA) is 70.5 Å². The van der Waals surface area contributed by atoms with Crippen molar-refractivity contribution in [2.45, 2.75) is 38.5 Å². The van der Waals surface area contributed by atoms with Crippen molar-refractivity contribution in [3.63, 3.8) is 0 Å². The summed E-state index contributed by atoms with van der Waals surface area (Å²) >= 11 is 0. The molecule has 0 radical (unpaired) electrons. The molecule has 0 saturated carbocycles. The van der Waals surface area contributed by atoms with E-state index in [0.29, 0.717) is 5.82 Å². The Morgan fingerprint density at radius 3 is 2.77 bits per heavy atom. The number of nitrogens with one attached hydrogen (secondary N) is 1. The van der Waals surface area contributed by atoms with Crippen LogP contribution in [-0.4, -0.2) is 40.9 Å². The molecule has 2 atom stereocenters. The Kier molecular flexibility index (Phi) is 5.82. The van der Waals surface area contributed by atoms with Gasteiger partial charge >= 0.3 is 6.61 Å². The SMILES string of the molecule is CC(Nc1cc(N2CCCC2CO)ncn1)c1ccc(OC(F)F)cc1. The largest absolute Gasteiger partial charge is 0.435 e. The molecular weight excluding hydrogens is 342 g/mol. The molecule has 1 fully saturated rings. The maximum Gasteiger partial charge on any atom is 0.387 e. The van der Waals surface area contributed by atoms with Gasteiger partial charge in [0.25, 0.3) is 0 Å². The first-order chi connectivity index (χ1) is 12.6. The minimum atomic E-state index is -2.83. The molecule has 140 valence electrons. The summed E-state index contributed by atoms with van der Waals surface area (Å²) in [4.78, 5) is 10.7. The number of hydrogen-bond acceptors (Lipinski definition) is 6. The van der Waals surface area contributed by atoms with E-state index in [9.17, 15) is 13.9 Å². The van der Waals surface area contributed by atoms with Gasteiger partial charge in [-0.3, -0.25) is 0 Å². The molecule has 1 saturated heterocycles. The van der Waals surface area contributed by atoms with Gasteiger partial charge in [0.2, 0.25) is 0 Å². The van der Waals surface area contributed by atoms with Crippen LogP contribution < -0.4 is 15.0 Å². The Morgan fingerprint density at radius 1 is 1.31 bits per heavy atom. The number of aliphatic hydroxyl groups excluding tert-OH is 1. The van der Waals surface area contributed by atoms with E-state index in [-0.39, 0.29) is 24.4 Å². The molecular formula is C18H22F2N4O2. The second kappa shape index (κ2) is 8.27. The standard InChI is InChI=1S/C18H22F2N4O2/c1-12(13-4-6-15(7-5-13)26-18(19)20)23-16-9-17(22-11-21-16)24-8-2-3-14(24)10-25/h4-7,9,11-12,14,18,25H,2-3,8,10H2,1H3,(H,21,22,23). The first-order valence-corrected chi connectivity index (χ1v) is 8.57. The number of nitrogens with zero attached hydrogens (tertiary/aromatic N) is 3. The lowest BCUT2D eigenvalue weighted by molar-refractivity contribution is -0.0498. The fourth-order valence-electron chi connectivity index (χ4n) is 3.15. The van der Waals surface area contributed by atoms with Gasteiger partial charge in [-0.15, -0.1) is 0 Å². The van der Waals surface area contributed by atoms with Crippen molar-refractivity contribution in [2.75, 3.05) is 23.4 Å². The summed E-state index contributed by atoms with van der Waals surface area (Å²) in [5.41, 5.74) is 0.918. The molecule has 0 spiro atoms. The van der Waals surface area contributed by atoms with E-state index in [2.05, 4.69) is 24.9 Å². The van der Waals surface area contributed by atoms with Crippen LogP contribution in [-0.2, 0) is 0 Å². The Bertz CT molecular complexity index is 715. The molecule has 26 heavy (non-hydrogen) atoms. The Labute approximate surface area is 150 Å². The van der Waals surface area contributed by atoms with Gasteiger partial charge < -0.3 is 20.1 Å². The monoisotopic (exact) mass is 364 g/mol. The Balaban J connectivity index is 1.67. The molecule has 1 aliphatic rings. The second-order valence-electron chi connectivity index (χ2n) is 6.25. The van der Waals surface area contributed by atoms with Crippen LogP contribution in [0.4, 0.5) is 20.4 Å². The molecule has 2 aromatic rings. The fourth-order valence-corrected chi connectivity index (χ4v) is 3.15. The predicted molar refractivity (Wildman–Crippen MR) is 94.6 cm³/mol. The smallest absolute Gasteiger partial charge is 0.387 e. The molecule has 0 bridgehead atoms. The van der Waals surface area contributed by atoms with Gasteiger partial charge in [-0.2, -0.15) is 8.78 Å². The van der Waals surface area contributed by atoms with Crippen molar-refractivity contribution in [1.29, 1.82) is 0 Å². The van der Waals surface area contributed by atoms with Gasteiger partial charge in [-0.25, -0.2) is 9.97 Å². The predicted octanol–water partition coefficient (Wildman–Crippen LogP) is 3.21. The lowest BCUT2D eigenvalue weighted by Gasteiger charge is -2.24. The van der Waals surface area contributed by atoms with Crippen LogP contribution in [0.5, 0.6) is 5.75 Å². The molecule has 6 nitrogen and oxygen atoms in total. The molecule has 2 unspecified atom stereocenters. The van der Waals surface area contributed by atoms with Crippen LogP contribution >= 0.6 is 0 Å². The third kappa shape index (κ3) is 4.37. The molecule has 0 aliphatic carbocycles. The van der Waals surface area contributed by atoms with Crippen molar-refractivity contribution in [3.05, 3.63) is 42.2 Å². The first kappa shape index (κ1) is 18.3. The highest BCUT2D eigenvalue weighted by Gasteiger charge is 2.25. The number of aliphatic hydroxyl groups is 1. The quantitative estimate of drug-likeness (QED) is 0.786. The van der Waals surface area contributed by atoms with Gasteiger partial charge in [0.15, 0.2) is 0 Å². The first-order valence-electron chi connectivity index (χ1n) is 8.57. The number of anilines is 2. The van der Waals surface area contributed by atoms with Crippen LogP contribution in [0, 0.1) is 0 Å². The number of hydrogen-bond donors (Lipinski definition) is 2. The van der Waals surface area contributed by atoms with Crippen LogP contribution in [0.15, 0.2) is 36.7 Å². The minimum Gasteiger partial charge on any atom is -0.435 e. The van der Waals surface area contributed by atoms with E-state index in [1.54, 1.807) is 12.1 Å². The Morgan fingerprint density at radius 2 is 2.08 bits per heavy atom. The van der Waals surface area contributed by atoms with Crippen molar-refractivity contribution >= 4 is 11.6 Å². The number of halogens is 2. The van der Waals surface area contributed by atoms with Crippen molar-refractivity contribution in [3.8, 4) is 5.75 Å². The van der Waals surface area contributed by atoms with Gasteiger partial charge in [-0.1, -0.05) is 12.1 Å². The maximum absolute atomic E-state index is 12.2. The van der Waals surface area contributed by atoms with Crippen molar-refractivity contribution in [2.24, 2.45) is 0 Å². The average molecular weight is 364 g/mol. The number of ether oxygens (including phenoxy) is 1. The van der Waals surface area contributed by atoms with Gasteiger partial charge in [0, 0.05) is 18.7 Å². The van der Waals surface area contributed by atoms with Crippen molar-refractivity contribution < 1.29 is 18.6 Å². The highest BCUT2D eigenvalue weighted by atomic mass is 19.3. The van der Waals surface area contributed by atoms with Gasteiger partial charge in [0.05, 0.1) is 12.6 Å². The Hall–Kier alpha value is -2.48. The van der Waals surface area contributed by atoms with Crippen LogP contribution in [0.25, 0.3) is 0 Å². The molecule has 8 heteroatoms. The molecule has 1 aromatic carbocycles. The third-order valence-corrected chi connectivity index (χ3v) is 4.50. The molecule has 2 heterocycles. The zero-order valence-corrected chi connectivity index (χ0v) is 14.5. The summed E-state index contributed by atoms with van der Waals surface area (Å²) in [7, 11) is 0. The van der Waals surface area contributed by atoms with Crippen LogP contribution in [0.1, 0.15) is 31.4 Å². The van der Waals surface area contributed by atoms with Gasteiger partial charge in [0.1, 0.15) is 23.7 Å². The number of benzene rings is 1. The van der Waals surface area contributed by atoms with E-state index in [4.69, 9.17) is 0 Å². The van der Waals surface area contributed by atoms with Crippen molar-refractivity contribution in [1.82, 2.24) is 9.97 Å². The van der Waals surface area contributed by atoms with Crippen LogP contribution in [0.3, 0.4) is 0 Å². The lowest BCUT2D eigenvalue weighted by Crippen LogP contribution is -2.32. The summed E-state index contributed by atoms with van der Waals surface area (Å²) in [6.07, 6.45) is 3.48. The summed E-state index contributed by atoms with van der Waals surface area (Å²) in [6.45, 7) is 0.0973. The summed E-state index contributed by atoms with van der Waals surface area (Å²) < 4.78 is 28.8. The van der Waals surface area contributed by atoms with E-state index in [1.165, 1.54) is 18.5 Å². The van der Waals surface area contributed by atoms with Gasteiger partial charge in [-0.05, 0) is 37.5 Å². The summed E-state index contributed by atoms with van der Waals surface area (Å²) in [6, 6.07) is 8.38.